The molecule has 0 aliphatic carbocycles. The fourth-order valence-electron chi connectivity index (χ4n) is 9.17. The van der Waals surface area contributed by atoms with E-state index in [9.17, 15) is 14.4 Å². The molecule has 0 bridgehead atoms. The number of quaternary nitrogens is 1. The molecule has 0 aliphatic heterocycles. The highest BCUT2D eigenvalue weighted by Gasteiger charge is 2.32. The van der Waals surface area contributed by atoms with Crippen molar-refractivity contribution in [2.45, 2.75) is 284 Å². The summed E-state index contributed by atoms with van der Waals surface area (Å²) in [5, 5.41) is 0. The molecule has 7 nitrogen and oxygen atoms in total. The third-order valence-electron chi connectivity index (χ3n) is 14.1. The maximum absolute atomic E-state index is 12.9. The van der Waals surface area contributed by atoms with Gasteiger partial charge in [0, 0.05) is 25.2 Å². The van der Waals surface area contributed by atoms with Gasteiger partial charge in [-0.05, 0) is 103 Å². The smallest absolute Gasteiger partial charge is 0.306 e. The van der Waals surface area contributed by atoms with Gasteiger partial charge in [-0.3, -0.25) is 14.4 Å². The first kappa shape index (κ1) is 68.8. The number of allylic oxidation sites excluding steroid dienone is 11. The molecular weight excluding hydrogens is 891 g/mol. The van der Waals surface area contributed by atoms with E-state index in [4.69, 9.17) is 14.2 Å². The van der Waals surface area contributed by atoms with E-state index >= 15 is 0 Å². The van der Waals surface area contributed by atoms with Gasteiger partial charge in [0.25, 0.3) is 0 Å². The molecule has 0 saturated carbocycles. The van der Waals surface area contributed by atoms with Crippen molar-refractivity contribution in [2.75, 3.05) is 33.9 Å². The Morgan fingerprint density at radius 1 is 0.403 bits per heavy atom. The standard InChI is InChI=1S/C65H116NO6/c1-8-13-16-18-20-22-24-26-28-30-32-36-40-44-49-55-63(67)70-58-61(72-65(69)57-51-46-42-37-33-31-29-27-25-23-21-19-17-14-9-2)59-71-64(68)56-50-45-41-38-34-35-39-43-48-54-60(53-47-15-10-3)62(52-11-4)66(6,7)12-5/h16,18,20,22,26-29,39,43,48,54,60-62H,8-15,17,19,21,23-25,30-38,40-42,44-47,49-53,55-59H2,1-7H3/q+1/b18-16+,22-20-,28-26-,29-27+,43-39-,54-48+. The van der Waals surface area contributed by atoms with Crippen molar-refractivity contribution in [1.29, 1.82) is 0 Å². The molecule has 0 aromatic rings. The lowest BCUT2D eigenvalue weighted by Crippen LogP contribution is -2.51. The van der Waals surface area contributed by atoms with E-state index in [-0.39, 0.29) is 31.1 Å². The topological polar surface area (TPSA) is 78.9 Å². The van der Waals surface area contributed by atoms with Gasteiger partial charge in [0.2, 0.25) is 0 Å². The Balaban J connectivity index is 4.74. The van der Waals surface area contributed by atoms with Crippen LogP contribution in [-0.4, -0.2) is 68.4 Å². The van der Waals surface area contributed by atoms with Gasteiger partial charge in [0.15, 0.2) is 6.10 Å². The van der Waals surface area contributed by atoms with E-state index in [1.54, 1.807) is 0 Å². The molecule has 0 aromatic carbocycles. The quantitative estimate of drug-likeness (QED) is 0.0151. The van der Waals surface area contributed by atoms with Crippen LogP contribution in [0.3, 0.4) is 0 Å². The highest BCUT2D eigenvalue weighted by Crippen LogP contribution is 2.27. The Hall–Kier alpha value is -3.19. The van der Waals surface area contributed by atoms with Gasteiger partial charge in [-0.2, -0.15) is 0 Å². The molecule has 0 heterocycles. The van der Waals surface area contributed by atoms with Gasteiger partial charge in [0.1, 0.15) is 13.2 Å². The second-order valence-electron chi connectivity index (χ2n) is 21.2. The summed E-state index contributed by atoms with van der Waals surface area (Å²) in [6.45, 7) is 12.3. The van der Waals surface area contributed by atoms with E-state index in [0.717, 1.165) is 133 Å². The molecule has 0 amide bonds. The fraction of sp³-hybridized carbons (Fsp3) is 0.769. The van der Waals surface area contributed by atoms with Crippen LogP contribution in [0, 0.1) is 5.92 Å². The molecule has 0 radical (unpaired) electrons. The predicted molar refractivity (Wildman–Crippen MR) is 310 cm³/mol. The zero-order valence-electron chi connectivity index (χ0n) is 48.3. The lowest BCUT2D eigenvalue weighted by atomic mass is 9.87. The van der Waals surface area contributed by atoms with Crippen molar-refractivity contribution >= 4 is 17.9 Å². The second-order valence-corrected chi connectivity index (χ2v) is 21.2. The zero-order valence-corrected chi connectivity index (χ0v) is 48.3. The molecule has 0 aliphatic rings. The van der Waals surface area contributed by atoms with Crippen LogP contribution in [0.1, 0.15) is 272 Å². The molecule has 0 N–H and O–H groups in total. The highest BCUT2D eigenvalue weighted by atomic mass is 16.6. The molecule has 7 heteroatoms. The Morgan fingerprint density at radius 3 is 1.35 bits per heavy atom. The second kappa shape index (κ2) is 52.7. The summed E-state index contributed by atoms with van der Waals surface area (Å²) in [6, 6.07) is 0.661. The molecule has 0 rings (SSSR count). The van der Waals surface area contributed by atoms with Gasteiger partial charge >= 0.3 is 17.9 Å². The molecule has 3 unspecified atom stereocenters. The summed E-state index contributed by atoms with van der Waals surface area (Å²) >= 11 is 0. The molecule has 3 atom stereocenters. The Bertz CT molecular complexity index is 1420. The molecule has 0 fully saturated rings. The number of nitrogens with zero attached hydrogens (tertiary/aromatic N) is 1. The lowest BCUT2D eigenvalue weighted by molar-refractivity contribution is -0.917. The average Bonchev–Trinajstić information content (AvgIpc) is 3.37. The molecular formula is C65H116NO6+. The molecule has 0 aromatic heterocycles. The van der Waals surface area contributed by atoms with Crippen LogP contribution < -0.4 is 0 Å². The zero-order chi connectivity index (χ0) is 52.9. The summed E-state index contributed by atoms with van der Waals surface area (Å²) in [4.78, 5) is 38.4. The van der Waals surface area contributed by atoms with Crippen LogP contribution in [0.4, 0.5) is 0 Å². The maximum Gasteiger partial charge on any atom is 0.306 e. The number of esters is 3. The number of unbranched alkanes of at least 4 members (excludes halogenated alkanes) is 24. The van der Waals surface area contributed by atoms with Crippen LogP contribution in [0.5, 0.6) is 0 Å². The number of hydrogen-bond acceptors (Lipinski definition) is 6. The van der Waals surface area contributed by atoms with Crippen LogP contribution in [0.2, 0.25) is 0 Å². The molecule has 72 heavy (non-hydrogen) atoms. The van der Waals surface area contributed by atoms with E-state index in [1.807, 2.05) is 0 Å². The average molecular weight is 1010 g/mol. The summed E-state index contributed by atoms with van der Waals surface area (Å²) in [5.41, 5.74) is 0. The number of ether oxygens (including phenoxy) is 3. The molecule has 0 spiro atoms. The Labute approximate surface area is 446 Å². The van der Waals surface area contributed by atoms with E-state index in [0.29, 0.717) is 31.2 Å². The first-order chi connectivity index (χ1) is 35.1. The third-order valence-corrected chi connectivity index (χ3v) is 14.1. The molecule has 416 valence electrons. The number of rotatable bonds is 52. The SMILES string of the molecule is CCC/C=C/C=C\C/C=C\CCCCCCCC(=O)OCC(COC(=O)CCCCCCC/C=C\C=C\C(CCCCC)C(CCC)[N+](C)(C)CC)OC(=O)CCCCCCC/C=C/CCCCCCCC. The first-order valence-corrected chi connectivity index (χ1v) is 30.4. The summed E-state index contributed by atoms with van der Waals surface area (Å²) in [6.07, 6.45) is 66.1. The van der Waals surface area contributed by atoms with Crippen LogP contribution in [-0.2, 0) is 28.6 Å². The maximum atomic E-state index is 12.9. The van der Waals surface area contributed by atoms with Crippen molar-refractivity contribution in [2.24, 2.45) is 5.92 Å². The van der Waals surface area contributed by atoms with E-state index in [1.165, 1.54) is 96.3 Å². The van der Waals surface area contributed by atoms with Gasteiger partial charge < -0.3 is 18.7 Å². The number of hydrogen-bond donors (Lipinski definition) is 0. The predicted octanol–water partition coefficient (Wildman–Crippen LogP) is 18.9. The molecule has 0 saturated heterocycles. The largest absolute Gasteiger partial charge is 0.462 e. The fourth-order valence-corrected chi connectivity index (χ4v) is 9.17. The van der Waals surface area contributed by atoms with Crippen LogP contribution in [0.15, 0.2) is 72.9 Å². The van der Waals surface area contributed by atoms with E-state index < -0.39 is 6.10 Å². The number of carbonyl (C=O) groups is 3. The number of carbonyl (C=O) groups excluding carboxylic acids is 3. The van der Waals surface area contributed by atoms with Gasteiger partial charge in [0.05, 0.1) is 26.7 Å². The van der Waals surface area contributed by atoms with Crippen molar-refractivity contribution in [3.05, 3.63) is 72.9 Å². The third kappa shape index (κ3) is 45.4. The van der Waals surface area contributed by atoms with Gasteiger partial charge in [-0.15, -0.1) is 0 Å². The Kier molecular flexibility index (Phi) is 50.3. The minimum Gasteiger partial charge on any atom is -0.462 e. The monoisotopic (exact) mass is 1010 g/mol. The normalized spacial score (nSPS) is 13.7. The van der Waals surface area contributed by atoms with E-state index in [2.05, 4.69) is 122 Å². The lowest BCUT2D eigenvalue weighted by Gasteiger charge is -2.41. The minimum atomic E-state index is -0.801. The van der Waals surface area contributed by atoms with Crippen molar-refractivity contribution in [3.8, 4) is 0 Å². The minimum absolute atomic E-state index is 0.0970. The Morgan fingerprint density at radius 2 is 0.833 bits per heavy atom. The van der Waals surface area contributed by atoms with Crippen LogP contribution in [0.25, 0.3) is 0 Å². The summed E-state index contributed by atoms with van der Waals surface area (Å²) in [5.74, 6) is -0.315. The van der Waals surface area contributed by atoms with Crippen molar-refractivity contribution in [3.63, 3.8) is 0 Å². The van der Waals surface area contributed by atoms with Crippen molar-refractivity contribution in [1.82, 2.24) is 0 Å². The first-order valence-electron chi connectivity index (χ1n) is 30.4. The van der Waals surface area contributed by atoms with Crippen LogP contribution >= 0.6 is 0 Å². The summed E-state index contributed by atoms with van der Waals surface area (Å²) < 4.78 is 18.0. The summed E-state index contributed by atoms with van der Waals surface area (Å²) in [7, 11) is 4.80. The van der Waals surface area contributed by atoms with Crippen molar-refractivity contribution < 1.29 is 33.1 Å². The van der Waals surface area contributed by atoms with Gasteiger partial charge in [-0.1, -0.05) is 223 Å². The highest BCUT2D eigenvalue weighted by molar-refractivity contribution is 5.71. The van der Waals surface area contributed by atoms with Gasteiger partial charge in [-0.25, -0.2) is 0 Å².